The maximum Gasteiger partial charge on any atom is 0.217 e. The Morgan fingerprint density at radius 3 is 0.745 bits per heavy atom. The molecule has 0 aliphatic heterocycles. The quantitative estimate of drug-likeness (QED) is 0.0489. The Balaban J connectivity index is -0.000000159. The van der Waals surface area contributed by atoms with Crippen LogP contribution in [-0.2, 0) is 25.0 Å². The molecule has 0 unspecified atom stereocenters. The van der Waals surface area contributed by atoms with Crippen LogP contribution < -0.4 is 17.2 Å². The van der Waals surface area contributed by atoms with Gasteiger partial charge in [0.25, 0.3) is 0 Å². The van der Waals surface area contributed by atoms with Gasteiger partial charge in [0.1, 0.15) is 0 Å². The van der Waals surface area contributed by atoms with E-state index in [0.29, 0.717) is 6.42 Å². The molecule has 0 amide bonds. The van der Waals surface area contributed by atoms with Crippen LogP contribution in [-0.4, -0.2) is 56.7 Å². The van der Waals surface area contributed by atoms with Gasteiger partial charge in [0.05, 0.1) is 26.2 Å². The van der Waals surface area contributed by atoms with Crippen molar-refractivity contribution in [3.63, 3.8) is 0 Å². The van der Waals surface area contributed by atoms with Gasteiger partial charge >= 0.3 is 0 Å². The minimum Gasteiger partial charge on any atom is -0.759 e. The average molecular weight is 724 g/mol. The molecule has 47 heavy (non-hydrogen) atoms. The second kappa shape index (κ2) is 50.0. The van der Waals surface area contributed by atoms with Crippen LogP contribution in [0.2, 0.25) is 0 Å². The topological polar surface area (TPSA) is 230 Å². The molecule has 0 fully saturated rings. The van der Waals surface area contributed by atoms with Crippen molar-refractivity contribution in [1.82, 2.24) is 0 Å². The Hall–Kier alpha value is -0.380. The maximum atomic E-state index is 9.73. The summed E-state index contributed by atoms with van der Waals surface area (Å²) in [5, 5.41) is 0. The van der Waals surface area contributed by atoms with E-state index in [1.165, 1.54) is 154 Å². The zero-order chi connectivity index (χ0) is 36.9. The summed E-state index contributed by atoms with van der Waals surface area (Å²) in [7, 11) is -9.61. The molecule has 0 radical (unpaired) electrons. The van der Waals surface area contributed by atoms with Gasteiger partial charge in [-0.3, -0.25) is 12.6 Å². The Labute approximate surface area is 292 Å². The molecular weight excluding hydrogens is 643 g/mol. The summed E-state index contributed by atoms with van der Waals surface area (Å²) in [5.41, 5.74) is 11.5. The van der Waals surface area contributed by atoms with Crippen molar-refractivity contribution in [1.29, 1.82) is 0 Å². The van der Waals surface area contributed by atoms with Crippen molar-refractivity contribution in [2.75, 3.05) is 26.2 Å². The van der Waals surface area contributed by atoms with Crippen molar-refractivity contribution in [2.45, 2.75) is 195 Å². The van der Waals surface area contributed by atoms with Crippen LogP contribution in [0.15, 0.2) is 0 Å². The third kappa shape index (κ3) is 98.9. The van der Waals surface area contributed by atoms with E-state index in [1.807, 2.05) is 6.92 Å². The van der Waals surface area contributed by atoms with Gasteiger partial charge in [-0.1, -0.05) is 150 Å². The lowest BCUT2D eigenvalue weighted by Gasteiger charge is -2.06. The molecule has 0 aromatic heterocycles. The largest absolute Gasteiger partial charge is 0.759 e. The van der Waals surface area contributed by atoms with E-state index in [9.17, 15) is 13.0 Å². The smallest absolute Gasteiger partial charge is 0.217 e. The molecule has 0 aromatic carbocycles. The highest BCUT2D eigenvalue weighted by atomic mass is 32.3. The van der Waals surface area contributed by atoms with E-state index in [4.69, 9.17) is 17.5 Å². The van der Waals surface area contributed by atoms with Crippen LogP contribution in [0.3, 0.4) is 0 Å². The Morgan fingerprint density at radius 2 is 0.574 bits per heavy atom. The first kappa shape index (κ1) is 56.0. The minimum absolute atomic E-state index is 0.00231. The van der Waals surface area contributed by atoms with Crippen LogP contribution in [0.1, 0.15) is 195 Å². The van der Waals surface area contributed by atoms with Crippen LogP contribution in [0, 0.1) is 0 Å². The second-order valence-corrected chi connectivity index (χ2v) is 13.8. The van der Waals surface area contributed by atoms with Gasteiger partial charge < -0.3 is 30.9 Å². The molecular formula is C34H81N3O8S2. The van der Waals surface area contributed by atoms with Crippen molar-refractivity contribution < 1.29 is 51.9 Å². The first-order chi connectivity index (χ1) is 22.3. The van der Waals surface area contributed by atoms with Crippen molar-refractivity contribution >= 4 is 20.8 Å². The summed E-state index contributed by atoms with van der Waals surface area (Å²) < 4.78 is 67.2. The molecule has 13 heteroatoms. The van der Waals surface area contributed by atoms with Crippen LogP contribution in [0.5, 0.6) is 0 Å². The highest BCUT2D eigenvalue weighted by Crippen LogP contribution is 2.09. The summed E-state index contributed by atoms with van der Waals surface area (Å²) in [6.45, 7) is 12.0. The molecule has 0 rings (SSSR count). The van der Waals surface area contributed by atoms with Crippen molar-refractivity contribution in [3.05, 3.63) is 0 Å². The zero-order valence-corrected chi connectivity index (χ0v) is 33.0. The van der Waals surface area contributed by atoms with E-state index in [1.54, 1.807) is 0 Å². The van der Waals surface area contributed by atoms with Crippen LogP contribution in [0.4, 0.5) is 0 Å². The summed E-state index contributed by atoms with van der Waals surface area (Å²) >= 11 is 0. The average Bonchev–Trinajstić information content (AvgIpc) is 3.00. The second-order valence-electron chi connectivity index (χ2n) is 12.0. The molecule has 9 N–H and O–H groups in total. The number of quaternary nitrogens is 3. The van der Waals surface area contributed by atoms with E-state index >= 15 is 0 Å². The monoisotopic (exact) mass is 724 g/mol. The molecule has 0 aliphatic carbocycles. The number of hydrogen-bond acceptors (Lipinski definition) is 8. The molecule has 0 aliphatic rings. The SMILES string of the molecule is CCCCCCCCCC[NH3+].CCCCCCCCCC[NH3+].CCCCCCCCCC[NH3+].CCCCOS(=O)(=O)[O-].O=S(=O)([O-])[O-]. The van der Waals surface area contributed by atoms with Crippen molar-refractivity contribution in [2.24, 2.45) is 0 Å². The molecule has 0 aromatic rings. The van der Waals surface area contributed by atoms with Gasteiger partial charge in [-0.05, 0) is 44.9 Å². The highest BCUT2D eigenvalue weighted by molar-refractivity contribution is 7.80. The van der Waals surface area contributed by atoms with Crippen LogP contribution >= 0.6 is 0 Å². The number of unbranched alkanes of at least 4 members (excludes halogenated alkanes) is 22. The normalized spacial score (nSPS) is 10.8. The zero-order valence-electron chi connectivity index (χ0n) is 31.4. The highest BCUT2D eigenvalue weighted by Gasteiger charge is 1.92. The fourth-order valence-corrected chi connectivity index (χ4v) is 4.56. The van der Waals surface area contributed by atoms with Gasteiger partial charge in [-0.15, -0.1) is 0 Å². The first-order valence-electron chi connectivity index (χ1n) is 19.0. The van der Waals surface area contributed by atoms with Gasteiger partial charge in [-0.2, -0.15) is 0 Å². The van der Waals surface area contributed by atoms with E-state index in [-0.39, 0.29) is 6.61 Å². The third-order valence-corrected chi connectivity index (χ3v) is 7.49. The summed E-state index contributed by atoms with van der Waals surface area (Å²) in [4.78, 5) is 0. The van der Waals surface area contributed by atoms with E-state index in [2.05, 4.69) is 42.2 Å². The molecule has 0 heterocycles. The lowest BCUT2D eigenvalue weighted by Crippen LogP contribution is -2.50. The van der Waals surface area contributed by atoms with Crippen LogP contribution in [0.25, 0.3) is 0 Å². The lowest BCUT2D eigenvalue weighted by molar-refractivity contribution is -0.368. The molecule has 0 atom stereocenters. The summed E-state index contributed by atoms with van der Waals surface area (Å²) in [6, 6.07) is 0. The summed E-state index contributed by atoms with van der Waals surface area (Å²) in [6.07, 6.45) is 35.3. The Bertz CT molecular complexity index is 654. The fourth-order valence-electron chi connectivity index (χ4n) is 4.24. The molecule has 0 spiro atoms. The molecule has 292 valence electrons. The van der Waals surface area contributed by atoms with Crippen molar-refractivity contribution in [3.8, 4) is 0 Å². The standard InChI is InChI=1S/3C10H23N.C4H10O4S.H2O4S/c3*1-2-3-4-5-6-7-8-9-10-11;1-2-3-4-8-9(5,6)7;1-5(2,3)4/h3*2-11H2,1H3;2-4H2,1H3,(H,5,6,7);(H2,1,2,3,4). The first-order valence-corrected chi connectivity index (χ1v) is 21.6. The van der Waals surface area contributed by atoms with E-state index in [0.717, 1.165) is 26.1 Å². The van der Waals surface area contributed by atoms with Gasteiger partial charge in [0.2, 0.25) is 10.4 Å². The fraction of sp³-hybridized carbons (Fsp3) is 1.00. The third-order valence-electron chi connectivity index (χ3n) is 7.04. The lowest BCUT2D eigenvalue weighted by atomic mass is 10.1. The van der Waals surface area contributed by atoms with Gasteiger partial charge in [0, 0.05) is 10.4 Å². The number of hydrogen-bond donors (Lipinski definition) is 3. The minimum atomic E-state index is -5.17. The van der Waals surface area contributed by atoms with Gasteiger partial charge in [0.15, 0.2) is 0 Å². The Morgan fingerprint density at radius 1 is 0.383 bits per heavy atom. The molecule has 0 saturated heterocycles. The molecule has 11 nitrogen and oxygen atoms in total. The summed E-state index contributed by atoms with van der Waals surface area (Å²) in [5.74, 6) is 0. The molecule has 0 saturated carbocycles. The van der Waals surface area contributed by atoms with E-state index < -0.39 is 20.8 Å². The predicted octanol–water partition coefficient (Wildman–Crippen LogP) is 6.03. The maximum absolute atomic E-state index is 9.73. The van der Waals surface area contributed by atoms with Gasteiger partial charge in [-0.25, -0.2) is 8.42 Å². The predicted molar refractivity (Wildman–Crippen MR) is 192 cm³/mol. The Kier molecular flexibility index (Phi) is 59.6. The molecule has 0 bridgehead atoms. The number of rotatable bonds is 28.